The number of methoxy groups -OCH3 is 1. The summed E-state index contributed by atoms with van der Waals surface area (Å²) in [5.41, 5.74) is 6.82. The van der Waals surface area contributed by atoms with Crippen molar-refractivity contribution in [2.75, 3.05) is 13.7 Å². The zero-order valence-corrected chi connectivity index (χ0v) is 10.6. The average molecular weight is 270 g/mol. The van der Waals surface area contributed by atoms with Gasteiger partial charge in [-0.25, -0.2) is 9.37 Å². The SMILES string of the molecule is COc1ccc(-c2nc(Cl)c(CCN)[nH]2)cc1F. The number of imidazole rings is 1. The average Bonchev–Trinajstić information content (AvgIpc) is 2.71. The number of nitrogens with two attached hydrogens (primary N) is 1. The van der Waals surface area contributed by atoms with Gasteiger partial charge in [-0.3, -0.25) is 0 Å². The third-order valence-electron chi connectivity index (χ3n) is 2.55. The van der Waals surface area contributed by atoms with E-state index in [2.05, 4.69) is 9.97 Å². The lowest BCUT2D eigenvalue weighted by molar-refractivity contribution is 0.386. The van der Waals surface area contributed by atoms with Crippen LogP contribution in [0.1, 0.15) is 5.69 Å². The van der Waals surface area contributed by atoms with Crippen molar-refractivity contribution in [2.24, 2.45) is 5.73 Å². The molecule has 2 aromatic rings. The number of halogens is 2. The highest BCUT2D eigenvalue weighted by Crippen LogP contribution is 2.26. The largest absolute Gasteiger partial charge is 0.494 e. The molecule has 1 aromatic carbocycles. The van der Waals surface area contributed by atoms with Crippen LogP contribution in [0.25, 0.3) is 11.4 Å². The Kier molecular flexibility index (Phi) is 3.84. The highest BCUT2D eigenvalue weighted by atomic mass is 35.5. The lowest BCUT2D eigenvalue weighted by atomic mass is 10.2. The Balaban J connectivity index is 2.36. The number of aromatic amines is 1. The minimum Gasteiger partial charge on any atom is -0.494 e. The Bertz CT molecular complexity index is 556. The number of nitrogens with zero attached hydrogens (tertiary/aromatic N) is 1. The van der Waals surface area contributed by atoms with Crippen molar-refractivity contribution in [3.05, 3.63) is 34.9 Å². The number of hydrogen-bond acceptors (Lipinski definition) is 3. The van der Waals surface area contributed by atoms with E-state index in [1.165, 1.54) is 13.2 Å². The van der Waals surface area contributed by atoms with Crippen molar-refractivity contribution in [1.82, 2.24) is 9.97 Å². The van der Waals surface area contributed by atoms with E-state index in [0.717, 1.165) is 5.69 Å². The molecule has 0 spiro atoms. The molecule has 0 atom stereocenters. The molecule has 3 N–H and O–H groups in total. The Morgan fingerprint density at radius 1 is 1.50 bits per heavy atom. The molecule has 1 aromatic heterocycles. The van der Waals surface area contributed by atoms with Crippen molar-refractivity contribution in [1.29, 1.82) is 0 Å². The van der Waals surface area contributed by atoms with Gasteiger partial charge in [0.25, 0.3) is 0 Å². The molecule has 1 heterocycles. The van der Waals surface area contributed by atoms with Crippen molar-refractivity contribution in [3.8, 4) is 17.1 Å². The molecular formula is C12H13ClFN3O. The van der Waals surface area contributed by atoms with Crippen LogP contribution in [-0.2, 0) is 6.42 Å². The summed E-state index contributed by atoms with van der Waals surface area (Å²) >= 11 is 5.96. The van der Waals surface area contributed by atoms with E-state index in [1.807, 2.05) is 0 Å². The van der Waals surface area contributed by atoms with Gasteiger partial charge in [0.15, 0.2) is 16.7 Å². The monoisotopic (exact) mass is 269 g/mol. The summed E-state index contributed by atoms with van der Waals surface area (Å²) in [6, 6.07) is 4.60. The molecule has 0 amide bonds. The van der Waals surface area contributed by atoms with Gasteiger partial charge in [-0.15, -0.1) is 0 Å². The van der Waals surface area contributed by atoms with E-state index in [4.69, 9.17) is 22.1 Å². The van der Waals surface area contributed by atoms with Gasteiger partial charge in [-0.2, -0.15) is 0 Å². The van der Waals surface area contributed by atoms with Crippen molar-refractivity contribution < 1.29 is 9.13 Å². The minimum atomic E-state index is -0.442. The highest BCUT2D eigenvalue weighted by Gasteiger charge is 2.11. The van der Waals surface area contributed by atoms with E-state index in [-0.39, 0.29) is 5.75 Å². The number of rotatable bonds is 4. The van der Waals surface area contributed by atoms with Gasteiger partial charge in [-0.1, -0.05) is 11.6 Å². The molecule has 0 aliphatic rings. The zero-order chi connectivity index (χ0) is 13.1. The molecule has 0 saturated heterocycles. The van der Waals surface area contributed by atoms with Crippen molar-refractivity contribution in [3.63, 3.8) is 0 Å². The molecular weight excluding hydrogens is 257 g/mol. The summed E-state index contributed by atoms with van der Waals surface area (Å²) in [7, 11) is 1.42. The summed E-state index contributed by atoms with van der Waals surface area (Å²) in [6.45, 7) is 0.471. The molecule has 96 valence electrons. The second-order valence-electron chi connectivity index (χ2n) is 3.74. The standard InChI is InChI=1S/C12H13ClFN3O/c1-18-10-3-2-7(6-8(10)14)12-16-9(4-5-15)11(13)17-12/h2-3,6H,4-5,15H2,1H3,(H,16,17). The number of nitrogens with one attached hydrogen (secondary N) is 1. The number of ether oxygens (including phenoxy) is 1. The lowest BCUT2D eigenvalue weighted by Crippen LogP contribution is -2.03. The number of hydrogen-bond donors (Lipinski definition) is 2. The second kappa shape index (κ2) is 5.37. The molecule has 0 saturated carbocycles. The molecule has 6 heteroatoms. The van der Waals surface area contributed by atoms with Crippen LogP contribution in [0.5, 0.6) is 5.75 Å². The summed E-state index contributed by atoms with van der Waals surface area (Å²) in [4.78, 5) is 7.18. The Morgan fingerprint density at radius 2 is 2.28 bits per heavy atom. The second-order valence-corrected chi connectivity index (χ2v) is 4.10. The Hall–Kier alpha value is -1.59. The van der Waals surface area contributed by atoms with Crippen LogP contribution < -0.4 is 10.5 Å². The molecule has 0 unspecified atom stereocenters. The van der Waals surface area contributed by atoms with Gasteiger partial charge in [0.1, 0.15) is 5.82 Å². The quantitative estimate of drug-likeness (QED) is 0.896. The molecule has 0 radical (unpaired) electrons. The fourth-order valence-electron chi connectivity index (χ4n) is 1.65. The number of aromatic nitrogens is 2. The van der Waals surface area contributed by atoms with Crippen molar-refractivity contribution >= 4 is 11.6 Å². The van der Waals surface area contributed by atoms with Gasteiger partial charge < -0.3 is 15.5 Å². The highest BCUT2D eigenvalue weighted by molar-refractivity contribution is 6.30. The van der Waals surface area contributed by atoms with E-state index >= 15 is 0 Å². The number of H-pyrrole nitrogens is 1. The van der Waals surface area contributed by atoms with Gasteiger partial charge in [0.05, 0.1) is 12.8 Å². The summed E-state index contributed by atoms with van der Waals surface area (Å²) in [5.74, 6) is 0.270. The molecule has 2 rings (SSSR count). The van der Waals surface area contributed by atoms with Gasteiger partial charge >= 0.3 is 0 Å². The van der Waals surface area contributed by atoms with E-state index < -0.39 is 5.82 Å². The molecule has 0 bridgehead atoms. The van der Waals surface area contributed by atoms with Crippen LogP contribution in [0.15, 0.2) is 18.2 Å². The molecule has 18 heavy (non-hydrogen) atoms. The maximum atomic E-state index is 13.6. The molecule has 0 fully saturated rings. The maximum absolute atomic E-state index is 13.6. The smallest absolute Gasteiger partial charge is 0.165 e. The van der Waals surface area contributed by atoms with E-state index in [1.54, 1.807) is 12.1 Å². The Labute approximate surface area is 109 Å². The first-order chi connectivity index (χ1) is 8.65. The maximum Gasteiger partial charge on any atom is 0.165 e. The lowest BCUT2D eigenvalue weighted by Gasteiger charge is -2.03. The van der Waals surface area contributed by atoms with Crippen LogP contribution in [-0.4, -0.2) is 23.6 Å². The van der Waals surface area contributed by atoms with Crippen LogP contribution >= 0.6 is 11.6 Å². The van der Waals surface area contributed by atoms with Gasteiger partial charge in [0, 0.05) is 12.0 Å². The van der Waals surface area contributed by atoms with Gasteiger partial charge in [0.2, 0.25) is 0 Å². The minimum absolute atomic E-state index is 0.193. The summed E-state index contributed by atoms with van der Waals surface area (Å²) < 4.78 is 18.4. The van der Waals surface area contributed by atoms with Crippen LogP contribution in [0, 0.1) is 5.82 Å². The third-order valence-corrected chi connectivity index (χ3v) is 2.86. The van der Waals surface area contributed by atoms with E-state index in [0.29, 0.717) is 29.5 Å². The summed E-state index contributed by atoms with van der Waals surface area (Å²) in [6.07, 6.45) is 0.602. The van der Waals surface area contributed by atoms with Crippen LogP contribution in [0.4, 0.5) is 4.39 Å². The molecule has 0 aliphatic heterocycles. The fourth-order valence-corrected chi connectivity index (χ4v) is 1.87. The first-order valence-corrected chi connectivity index (χ1v) is 5.82. The predicted molar refractivity (Wildman–Crippen MR) is 68.3 cm³/mol. The van der Waals surface area contributed by atoms with Crippen LogP contribution in [0.3, 0.4) is 0 Å². The zero-order valence-electron chi connectivity index (χ0n) is 9.84. The normalized spacial score (nSPS) is 10.7. The molecule has 4 nitrogen and oxygen atoms in total. The number of benzene rings is 1. The molecule has 0 aliphatic carbocycles. The first kappa shape index (κ1) is 12.9. The van der Waals surface area contributed by atoms with E-state index in [9.17, 15) is 4.39 Å². The fraction of sp³-hybridized carbons (Fsp3) is 0.250. The topological polar surface area (TPSA) is 63.9 Å². The first-order valence-electron chi connectivity index (χ1n) is 5.44. The van der Waals surface area contributed by atoms with Gasteiger partial charge in [-0.05, 0) is 24.7 Å². The third kappa shape index (κ3) is 2.47. The summed E-state index contributed by atoms with van der Waals surface area (Å²) in [5, 5.41) is 0.367. The predicted octanol–water partition coefficient (Wildman–Crippen LogP) is 2.38. The van der Waals surface area contributed by atoms with Crippen molar-refractivity contribution in [2.45, 2.75) is 6.42 Å². The van der Waals surface area contributed by atoms with Crippen LogP contribution in [0.2, 0.25) is 5.15 Å². The Morgan fingerprint density at radius 3 is 2.89 bits per heavy atom.